The molecule has 0 spiro atoms. The standard InChI is InChI=1S/C10H11N5/c1-6-3-4-8-7(5-6)12-10-13-9(11-2)14-15(8)10/h3-5H,1-2H3,(H2,11,12,13,14). The normalized spacial score (nSPS) is 11.3. The topological polar surface area (TPSA) is 58.0 Å². The molecule has 0 amide bonds. The highest BCUT2D eigenvalue weighted by atomic mass is 15.4. The van der Waals surface area contributed by atoms with E-state index in [4.69, 9.17) is 0 Å². The molecule has 2 N–H and O–H groups in total. The lowest BCUT2D eigenvalue weighted by Gasteiger charge is -1.93. The van der Waals surface area contributed by atoms with E-state index < -0.39 is 0 Å². The number of anilines is 1. The predicted molar refractivity (Wildman–Crippen MR) is 59.1 cm³/mol. The second-order valence-corrected chi connectivity index (χ2v) is 3.56. The summed E-state index contributed by atoms with van der Waals surface area (Å²) in [6.45, 7) is 2.06. The van der Waals surface area contributed by atoms with Crippen molar-refractivity contribution in [3.05, 3.63) is 23.8 Å². The molecule has 5 nitrogen and oxygen atoms in total. The Bertz CT molecular complexity index is 634. The number of fused-ring (bicyclic) bond motifs is 3. The minimum Gasteiger partial charge on any atom is -0.358 e. The van der Waals surface area contributed by atoms with Gasteiger partial charge in [0, 0.05) is 7.05 Å². The maximum atomic E-state index is 4.43. The number of aromatic nitrogens is 4. The van der Waals surface area contributed by atoms with Crippen LogP contribution >= 0.6 is 0 Å². The van der Waals surface area contributed by atoms with E-state index in [1.54, 1.807) is 0 Å². The van der Waals surface area contributed by atoms with Crippen LogP contribution in [0, 0.1) is 6.92 Å². The maximum absolute atomic E-state index is 4.43. The van der Waals surface area contributed by atoms with Crippen molar-refractivity contribution in [2.75, 3.05) is 12.4 Å². The molecular formula is C10H11N5. The van der Waals surface area contributed by atoms with Gasteiger partial charge in [0.1, 0.15) is 0 Å². The maximum Gasteiger partial charge on any atom is 0.253 e. The van der Waals surface area contributed by atoms with Gasteiger partial charge in [-0.1, -0.05) is 6.07 Å². The number of nitrogens with one attached hydrogen (secondary N) is 2. The number of aromatic amines is 1. The van der Waals surface area contributed by atoms with Crippen LogP contribution in [0.5, 0.6) is 0 Å². The van der Waals surface area contributed by atoms with Gasteiger partial charge in [0.2, 0.25) is 5.95 Å². The van der Waals surface area contributed by atoms with Gasteiger partial charge >= 0.3 is 0 Å². The molecule has 0 aliphatic carbocycles. The number of benzene rings is 1. The van der Waals surface area contributed by atoms with Gasteiger partial charge in [-0.2, -0.15) is 4.98 Å². The van der Waals surface area contributed by atoms with E-state index in [0.29, 0.717) is 5.78 Å². The second kappa shape index (κ2) is 2.73. The molecule has 1 aromatic carbocycles. The van der Waals surface area contributed by atoms with Crippen molar-refractivity contribution in [1.82, 2.24) is 19.6 Å². The predicted octanol–water partition coefficient (Wildman–Crippen LogP) is 1.56. The highest BCUT2D eigenvalue weighted by Gasteiger charge is 2.08. The zero-order valence-electron chi connectivity index (χ0n) is 8.57. The molecule has 0 aliphatic heterocycles. The van der Waals surface area contributed by atoms with Crippen molar-refractivity contribution in [3.8, 4) is 0 Å². The molecule has 3 rings (SSSR count). The second-order valence-electron chi connectivity index (χ2n) is 3.56. The highest BCUT2D eigenvalue weighted by Crippen LogP contribution is 2.17. The lowest BCUT2D eigenvalue weighted by atomic mass is 10.2. The zero-order chi connectivity index (χ0) is 10.4. The largest absolute Gasteiger partial charge is 0.358 e. The third-order valence-corrected chi connectivity index (χ3v) is 2.46. The van der Waals surface area contributed by atoms with Crippen molar-refractivity contribution in [2.24, 2.45) is 0 Å². The smallest absolute Gasteiger partial charge is 0.253 e. The number of rotatable bonds is 1. The van der Waals surface area contributed by atoms with Crippen LogP contribution in [0.15, 0.2) is 18.2 Å². The van der Waals surface area contributed by atoms with Gasteiger partial charge in [-0.3, -0.25) is 5.10 Å². The Labute approximate surface area is 86.1 Å². The van der Waals surface area contributed by atoms with Crippen LogP contribution in [-0.4, -0.2) is 26.6 Å². The summed E-state index contributed by atoms with van der Waals surface area (Å²) in [5.41, 5.74) is 3.22. The monoisotopic (exact) mass is 201 g/mol. The Kier molecular flexibility index (Phi) is 1.50. The first-order valence-corrected chi connectivity index (χ1v) is 4.80. The molecule has 0 saturated heterocycles. The number of H-pyrrole nitrogens is 1. The average molecular weight is 201 g/mol. The van der Waals surface area contributed by atoms with Crippen LogP contribution in [0.3, 0.4) is 0 Å². The lowest BCUT2D eigenvalue weighted by molar-refractivity contribution is 1.01. The molecule has 0 bridgehead atoms. The fourth-order valence-electron chi connectivity index (χ4n) is 1.71. The summed E-state index contributed by atoms with van der Waals surface area (Å²) in [7, 11) is 1.82. The molecule has 15 heavy (non-hydrogen) atoms. The van der Waals surface area contributed by atoms with Crippen molar-refractivity contribution < 1.29 is 0 Å². The van der Waals surface area contributed by atoms with E-state index in [0.717, 1.165) is 17.0 Å². The van der Waals surface area contributed by atoms with Crippen LogP contribution in [0.4, 0.5) is 5.95 Å². The molecule has 0 radical (unpaired) electrons. The average Bonchev–Trinajstić information content (AvgIpc) is 2.73. The van der Waals surface area contributed by atoms with Crippen LogP contribution in [-0.2, 0) is 0 Å². The first kappa shape index (κ1) is 8.28. The molecule has 2 aromatic heterocycles. The summed E-state index contributed by atoms with van der Waals surface area (Å²) < 4.78 is 1.88. The minimum absolute atomic E-state index is 0.694. The molecule has 2 heterocycles. The first-order chi connectivity index (χ1) is 7.28. The summed E-state index contributed by atoms with van der Waals surface area (Å²) in [6, 6.07) is 6.16. The van der Waals surface area contributed by atoms with Crippen molar-refractivity contribution in [2.45, 2.75) is 6.92 Å². The number of nitrogens with zero attached hydrogens (tertiary/aromatic N) is 3. The van der Waals surface area contributed by atoms with Gasteiger partial charge in [-0.25, -0.2) is 9.50 Å². The SMILES string of the molecule is CNc1nc2nc3cc(C)ccc3n2[nH]1. The Balaban J connectivity index is 2.40. The Morgan fingerprint density at radius 3 is 3.00 bits per heavy atom. The van der Waals surface area contributed by atoms with Gasteiger partial charge < -0.3 is 5.32 Å². The summed E-state index contributed by atoms with van der Waals surface area (Å²) in [6.07, 6.45) is 0. The Hall–Kier alpha value is -2.04. The number of hydrogen-bond donors (Lipinski definition) is 2. The fraction of sp³-hybridized carbons (Fsp3) is 0.200. The molecular weight excluding hydrogens is 190 g/mol. The van der Waals surface area contributed by atoms with Crippen LogP contribution in [0.25, 0.3) is 16.8 Å². The molecule has 5 heteroatoms. The van der Waals surface area contributed by atoms with Gasteiger partial charge in [-0.05, 0) is 24.6 Å². The molecule has 0 aliphatic rings. The summed E-state index contributed by atoms with van der Waals surface area (Å²) in [5, 5.41) is 6.07. The van der Waals surface area contributed by atoms with Gasteiger partial charge in [0.05, 0.1) is 11.0 Å². The number of hydrogen-bond acceptors (Lipinski definition) is 3. The lowest BCUT2D eigenvalue weighted by Crippen LogP contribution is -1.91. The number of imidazole rings is 1. The van der Waals surface area contributed by atoms with Crippen LogP contribution in [0.1, 0.15) is 5.56 Å². The quantitative estimate of drug-likeness (QED) is 0.628. The van der Waals surface area contributed by atoms with Gasteiger partial charge in [0.25, 0.3) is 5.78 Å². The third kappa shape index (κ3) is 1.09. The van der Waals surface area contributed by atoms with Crippen LogP contribution in [0.2, 0.25) is 0 Å². The molecule has 0 unspecified atom stereocenters. The van der Waals surface area contributed by atoms with E-state index in [-0.39, 0.29) is 0 Å². The van der Waals surface area contributed by atoms with Crippen LogP contribution < -0.4 is 5.32 Å². The minimum atomic E-state index is 0.694. The summed E-state index contributed by atoms with van der Waals surface area (Å²) in [5.74, 6) is 1.42. The summed E-state index contributed by atoms with van der Waals surface area (Å²) >= 11 is 0. The molecule has 0 atom stereocenters. The van der Waals surface area contributed by atoms with Gasteiger partial charge in [-0.15, -0.1) is 0 Å². The van der Waals surface area contributed by atoms with Crippen molar-refractivity contribution in [1.29, 1.82) is 0 Å². The highest BCUT2D eigenvalue weighted by molar-refractivity contribution is 5.80. The first-order valence-electron chi connectivity index (χ1n) is 4.80. The molecule has 76 valence electrons. The van der Waals surface area contributed by atoms with Gasteiger partial charge in [0.15, 0.2) is 0 Å². The Morgan fingerprint density at radius 2 is 2.20 bits per heavy atom. The summed E-state index contributed by atoms with van der Waals surface area (Å²) in [4.78, 5) is 8.71. The fourth-order valence-corrected chi connectivity index (χ4v) is 1.71. The van der Waals surface area contributed by atoms with Crippen molar-refractivity contribution >= 4 is 22.8 Å². The van der Waals surface area contributed by atoms with E-state index >= 15 is 0 Å². The number of aryl methyl sites for hydroxylation is 1. The van der Waals surface area contributed by atoms with Crippen molar-refractivity contribution in [3.63, 3.8) is 0 Å². The molecule has 0 saturated carbocycles. The van der Waals surface area contributed by atoms with E-state index in [1.165, 1.54) is 5.56 Å². The zero-order valence-corrected chi connectivity index (χ0v) is 8.57. The van der Waals surface area contributed by atoms with E-state index in [2.05, 4.69) is 39.4 Å². The third-order valence-electron chi connectivity index (χ3n) is 2.46. The molecule has 0 fully saturated rings. The molecule has 3 aromatic rings. The van der Waals surface area contributed by atoms with E-state index in [1.807, 2.05) is 17.6 Å². The Morgan fingerprint density at radius 1 is 1.33 bits per heavy atom. The van der Waals surface area contributed by atoms with E-state index in [9.17, 15) is 0 Å².